The standard InChI is InChI=1S/C59H113NO5/c1-3-5-7-9-11-13-15-17-24-27-31-35-39-43-47-51-57(62)56(55-61)60-58(63)52-48-44-40-36-32-28-25-22-20-19-21-23-26-30-34-38-42-46-50-54-65-59(64)53-49-45-41-37-33-29-18-16-14-12-10-8-6-4-2/h16,18-20,56-57,61-62H,3-15,17,21-55H2,1-2H3,(H,60,63)/b18-16-,20-19-. The van der Waals surface area contributed by atoms with E-state index in [1.54, 1.807) is 0 Å². The van der Waals surface area contributed by atoms with Gasteiger partial charge in [-0.05, 0) is 77.0 Å². The maximum Gasteiger partial charge on any atom is 0.305 e. The average molecular weight is 917 g/mol. The van der Waals surface area contributed by atoms with E-state index in [0.717, 1.165) is 44.9 Å². The molecule has 0 rings (SSSR count). The maximum absolute atomic E-state index is 12.5. The summed E-state index contributed by atoms with van der Waals surface area (Å²) in [4.78, 5) is 24.5. The zero-order chi connectivity index (χ0) is 47.2. The molecule has 0 aliphatic heterocycles. The molecule has 0 bridgehead atoms. The van der Waals surface area contributed by atoms with Gasteiger partial charge in [0.1, 0.15) is 0 Å². The Hall–Kier alpha value is -1.66. The number of ether oxygens (including phenoxy) is 1. The van der Waals surface area contributed by atoms with Crippen molar-refractivity contribution in [2.45, 2.75) is 328 Å². The highest BCUT2D eigenvalue weighted by Gasteiger charge is 2.20. The minimum absolute atomic E-state index is 0.00440. The van der Waals surface area contributed by atoms with Crippen molar-refractivity contribution in [1.29, 1.82) is 0 Å². The van der Waals surface area contributed by atoms with Gasteiger partial charge >= 0.3 is 5.97 Å². The largest absolute Gasteiger partial charge is 0.466 e. The van der Waals surface area contributed by atoms with Crippen molar-refractivity contribution in [3.63, 3.8) is 0 Å². The number of carbonyl (C=O) groups is 2. The summed E-state index contributed by atoms with van der Waals surface area (Å²) in [5, 5.41) is 23.3. The van der Waals surface area contributed by atoms with Crippen LogP contribution in [0.15, 0.2) is 24.3 Å². The number of nitrogens with one attached hydrogen (secondary N) is 1. The smallest absolute Gasteiger partial charge is 0.305 e. The van der Waals surface area contributed by atoms with Crippen molar-refractivity contribution in [3.8, 4) is 0 Å². The Morgan fingerprint density at radius 2 is 0.723 bits per heavy atom. The van der Waals surface area contributed by atoms with E-state index in [1.165, 1.54) is 238 Å². The number of hydrogen-bond acceptors (Lipinski definition) is 5. The number of carbonyl (C=O) groups excluding carboxylic acids is 2. The molecule has 1 amide bonds. The fraction of sp³-hybridized carbons (Fsp3) is 0.898. The van der Waals surface area contributed by atoms with Gasteiger partial charge in [0, 0.05) is 12.8 Å². The van der Waals surface area contributed by atoms with Crippen LogP contribution in [0.25, 0.3) is 0 Å². The summed E-state index contributed by atoms with van der Waals surface area (Å²) >= 11 is 0. The molecule has 0 aromatic carbocycles. The molecule has 0 heterocycles. The Morgan fingerprint density at radius 1 is 0.415 bits per heavy atom. The normalized spacial score (nSPS) is 12.7. The van der Waals surface area contributed by atoms with Gasteiger partial charge in [0.25, 0.3) is 0 Å². The van der Waals surface area contributed by atoms with Gasteiger partial charge in [-0.25, -0.2) is 0 Å². The number of esters is 1. The van der Waals surface area contributed by atoms with E-state index < -0.39 is 12.1 Å². The van der Waals surface area contributed by atoms with E-state index in [9.17, 15) is 19.8 Å². The van der Waals surface area contributed by atoms with Crippen molar-refractivity contribution >= 4 is 11.9 Å². The summed E-state index contributed by atoms with van der Waals surface area (Å²) in [6.45, 7) is 4.94. The first-order valence-corrected chi connectivity index (χ1v) is 29.1. The molecule has 0 aliphatic rings. The minimum Gasteiger partial charge on any atom is -0.466 e. The number of hydrogen-bond donors (Lipinski definition) is 3. The summed E-state index contributed by atoms with van der Waals surface area (Å²) in [5.74, 6) is -0.0479. The van der Waals surface area contributed by atoms with Gasteiger partial charge in [0.05, 0.1) is 25.4 Å². The molecule has 6 heteroatoms. The Labute approximate surface area is 405 Å². The third-order valence-corrected chi connectivity index (χ3v) is 13.5. The van der Waals surface area contributed by atoms with E-state index in [0.29, 0.717) is 25.9 Å². The van der Waals surface area contributed by atoms with Crippen LogP contribution in [0.1, 0.15) is 316 Å². The molecule has 0 spiro atoms. The summed E-state index contributed by atoms with van der Waals surface area (Å²) in [6.07, 6.45) is 65.9. The first-order valence-electron chi connectivity index (χ1n) is 29.1. The predicted molar refractivity (Wildman–Crippen MR) is 283 cm³/mol. The number of allylic oxidation sites excluding steroid dienone is 4. The van der Waals surface area contributed by atoms with Gasteiger partial charge in [-0.1, -0.05) is 250 Å². The molecule has 6 nitrogen and oxygen atoms in total. The minimum atomic E-state index is -0.670. The van der Waals surface area contributed by atoms with E-state index in [4.69, 9.17) is 4.74 Å². The van der Waals surface area contributed by atoms with Gasteiger partial charge in [-0.2, -0.15) is 0 Å². The summed E-state index contributed by atoms with van der Waals surface area (Å²) in [6, 6.07) is -0.548. The molecule has 0 saturated carbocycles. The molecule has 0 aromatic heterocycles. The topological polar surface area (TPSA) is 95.9 Å². The lowest BCUT2D eigenvalue weighted by Gasteiger charge is -2.22. The fourth-order valence-electron chi connectivity index (χ4n) is 8.98. The number of rotatable bonds is 54. The van der Waals surface area contributed by atoms with Crippen molar-refractivity contribution in [2.75, 3.05) is 13.2 Å². The zero-order valence-corrected chi connectivity index (χ0v) is 43.7. The summed E-state index contributed by atoms with van der Waals surface area (Å²) < 4.78 is 5.47. The molecule has 0 aromatic rings. The van der Waals surface area contributed by atoms with Crippen LogP contribution in [-0.2, 0) is 14.3 Å². The van der Waals surface area contributed by atoms with E-state index in [-0.39, 0.29) is 18.5 Å². The Morgan fingerprint density at radius 3 is 1.09 bits per heavy atom. The summed E-state index contributed by atoms with van der Waals surface area (Å²) in [7, 11) is 0. The monoisotopic (exact) mass is 916 g/mol. The molecule has 0 fully saturated rings. The lowest BCUT2D eigenvalue weighted by atomic mass is 10.0. The van der Waals surface area contributed by atoms with Crippen molar-refractivity contribution in [2.24, 2.45) is 0 Å². The highest BCUT2D eigenvalue weighted by Crippen LogP contribution is 2.17. The van der Waals surface area contributed by atoms with Gasteiger partial charge in [-0.15, -0.1) is 0 Å². The Bertz CT molecular complexity index is 1010. The second-order valence-electron chi connectivity index (χ2n) is 20.0. The van der Waals surface area contributed by atoms with Crippen LogP contribution in [0.4, 0.5) is 0 Å². The third kappa shape index (κ3) is 51.6. The lowest BCUT2D eigenvalue weighted by Crippen LogP contribution is -2.45. The van der Waals surface area contributed by atoms with Crippen LogP contribution in [0.3, 0.4) is 0 Å². The lowest BCUT2D eigenvalue weighted by molar-refractivity contribution is -0.143. The molecule has 2 unspecified atom stereocenters. The van der Waals surface area contributed by atoms with E-state index in [2.05, 4.69) is 43.5 Å². The second-order valence-corrected chi connectivity index (χ2v) is 20.0. The Kier molecular flexibility index (Phi) is 53.5. The number of amides is 1. The highest BCUT2D eigenvalue weighted by atomic mass is 16.5. The molecule has 65 heavy (non-hydrogen) atoms. The van der Waals surface area contributed by atoms with Crippen molar-refractivity contribution in [1.82, 2.24) is 5.32 Å². The van der Waals surface area contributed by atoms with Crippen LogP contribution < -0.4 is 5.32 Å². The predicted octanol–water partition coefficient (Wildman–Crippen LogP) is 17.9. The average Bonchev–Trinajstić information content (AvgIpc) is 3.31. The quantitative estimate of drug-likeness (QED) is 0.0321. The zero-order valence-electron chi connectivity index (χ0n) is 43.7. The maximum atomic E-state index is 12.5. The van der Waals surface area contributed by atoms with E-state index >= 15 is 0 Å². The Balaban J connectivity index is 3.44. The first-order chi connectivity index (χ1) is 32.0. The van der Waals surface area contributed by atoms with Crippen molar-refractivity contribution in [3.05, 3.63) is 24.3 Å². The molecule has 384 valence electrons. The molecular weight excluding hydrogens is 803 g/mol. The van der Waals surface area contributed by atoms with E-state index in [1.807, 2.05) is 0 Å². The van der Waals surface area contributed by atoms with Crippen molar-refractivity contribution < 1.29 is 24.5 Å². The van der Waals surface area contributed by atoms with Crippen LogP contribution in [0.2, 0.25) is 0 Å². The molecular formula is C59H113NO5. The third-order valence-electron chi connectivity index (χ3n) is 13.5. The number of unbranched alkanes of at least 4 members (excludes halogenated alkanes) is 39. The highest BCUT2D eigenvalue weighted by molar-refractivity contribution is 5.76. The van der Waals surface area contributed by atoms with Gasteiger partial charge in [-0.3, -0.25) is 9.59 Å². The first kappa shape index (κ1) is 63.3. The molecule has 3 N–H and O–H groups in total. The number of aliphatic hydroxyl groups excluding tert-OH is 2. The fourth-order valence-corrected chi connectivity index (χ4v) is 8.98. The van der Waals surface area contributed by atoms with Gasteiger partial charge in [0.15, 0.2) is 0 Å². The van der Waals surface area contributed by atoms with Crippen LogP contribution >= 0.6 is 0 Å². The van der Waals surface area contributed by atoms with Gasteiger partial charge < -0.3 is 20.3 Å². The molecule has 0 aliphatic carbocycles. The number of aliphatic hydroxyl groups is 2. The second kappa shape index (κ2) is 54.9. The van der Waals surface area contributed by atoms with Gasteiger partial charge in [0.2, 0.25) is 5.91 Å². The molecule has 0 saturated heterocycles. The van der Waals surface area contributed by atoms with Crippen LogP contribution in [0, 0.1) is 0 Å². The van der Waals surface area contributed by atoms with Crippen LogP contribution in [0.5, 0.6) is 0 Å². The molecule has 2 atom stereocenters. The SMILES string of the molecule is CCCCCCC/C=C\CCCCCCCC(=O)OCCCCCCCCCC/C=C\CCCCCCCCCC(=O)NC(CO)C(O)CCCCCCCCCCCCCCCCC. The summed E-state index contributed by atoms with van der Waals surface area (Å²) in [5.41, 5.74) is 0. The van der Waals surface area contributed by atoms with Crippen LogP contribution in [-0.4, -0.2) is 47.4 Å². The molecule has 0 radical (unpaired) electrons.